The maximum Gasteiger partial charge on any atom is 0.0701 e. The van der Waals surface area contributed by atoms with E-state index >= 15 is 0 Å². The lowest BCUT2D eigenvalue weighted by atomic mass is 10.0. The first-order chi connectivity index (χ1) is 7.29. The lowest BCUT2D eigenvalue weighted by Crippen LogP contribution is -2.39. The third kappa shape index (κ3) is 3.19. The van der Waals surface area contributed by atoms with Gasteiger partial charge in [-0.1, -0.05) is 6.42 Å². The summed E-state index contributed by atoms with van der Waals surface area (Å²) in [5, 5.41) is 0. The Morgan fingerprint density at radius 3 is 3.00 bits per heavy atom. The van der Waals surface area contributed by atoms with Crippen LogP contribution in [0.25, 0.3) is 0 Å². The van der Waals surface area contributed by atoms with E-state index in [1.54, 1.807) is 0 Å². The van der Waals surface area contributed by atoms with E-state index < -0.39 is 0 Å². The van der Waals surface area contributed by atoms with Gasteiger partial charge in [0.15, 0.2) is 0 Å². The highest BCUT2D eigenvalue weighted by atomic mass is 79.9. The van der Waals surface area contributed by atoms with Crippen LogP contribution in [-0.2, 0) is 6.54 Å². The summed E-state index contributed by atoms with van der Waals surface area (Å²) in [5.41, 5.74) is 0. The Kier molecular flexibility index (Phi) is 4.50. The summed E-state index contributed by atoms with van der Waals surface area (Å²) in [7, 11) is 0. The highest BCUT2D eigenvalue weighted by Crippen LogP contribution is 2.26. The summed E-state index contributed by atoms with van der Waals surface area (Å²) in [4.78, 5) is 3.95. The van der Waals surface area contributed by atoms with Crippen LogP contribution < -0.4 is 0 Å². The van der Waals surface area contributed by atoms with Gasteiger partial charge in [0.1, 0.15) is 0 Å². The molecule has 1 saturated heterocycles. The topological polar surface area (TPSA) is 3.24 Å². The number of rotatable bonds is 3. The number of thiophene rings is 1. The number of hydrogen-bond acceptors (Lipinski definition) is 2. The lowest BCUT2D eigenvalue weighted by Gasteiger charge is -2.34. The highest BCUT2D eigenvalue weighted by Gasteiger charge is 2.21. The number of nitrogens with zero attached hydrogens (tertiary/aromatic N) is 1. The minimum Gasteiger partial charge on any atom is -0.294 e. The van der Waals surface area contributed by atoms with Crippen LogP contribution in [0.3, 0.4) is 0 Å². The summed E-state index contributed by atoms with van der Waals surface area (Å²) in [6.45, 7) is 2.26. The molecule has 1 atom stereocenters. The minimum atomic E-state index is 0.585. The van der Waals surface area contributed by atoms with Gasteiger partial charge in [0.05, 0.1) is 3.79 Å². The Labute approximate surface area is 109 Å². The Balaban J connectivity index is 1.97. The van der Waals surface area contributed by atoms with E-state index in [9.17, 15) is 0 Å². The van der Waals surface area contributed by atoms with Gasteiger partial charge in [-0.25, -0.2) is 0 Å². The second-order valence-corrected chi connectivity index (χ2v) is 6.84. The molecule has 2 heterocycles. The van der Waals surface area contributed by atoms with Crippen molar-refractivity contribution in [2.75, 3.05) is 12.4 Å². The molecule has 0 aliphatic carbocycles. The molecule has 84 valence electrons. The zero-order valence-corrected chi connectivity index (χ0v) is 11.7. The zero-order valence-electron chi connectivity index (χ0n) is 8.59. The van der Waals surface area contributed by atoms with Crippen molar-refractivity contribution in [2.45, 2.75) is 31.8 Å². The number of alkyl halides is 1. The van der Waals surface area contributed by atoms with Crippen molar-refractivity contribution in [3.05, 3.63) is 20.8 Å². The first kappa shape index (κ1) is 11.9. The van der Waals surface area contributed by atoms with Crippen LogP contribution in [0.2, 0.25) is 0 Å². The van der Waals surface area contributed by atoms with Crippen LogP contribution in [0.15, 0.2) is 15.9 Å². The minimum absolute atomic E-state index is 0.585. The van der Waals surface area contributed by atoms with Gasteiger partial charge < -0.3 is 0 Å². The molecule has 0 bridgehead atoms. The van der Waals surface area contributed by atoms with Crippen LogP contribution in [0, 0.1) is 0 Å². The van der Waals surface area contributed by atoms with Gasteiger partial charge in [-0.3, -0.25) is 4.90 Å². The van der Waals surface area contributed by atoms with Crippen molar-refractivity contribution in [1.82, 2.24) is 4.90 Å². The monoisotopic (exact) mass is 307 g/mol. The van der Waals surface area contributed by atoms with Crippen molar-refractivity contribution in [2.24, 2.45) is 0 Å². The van der Waals surface area contributed by atoms with Crippen molar-refractivity contribution < 1.29 is 0 Å². The summed E-state index contributed by atoms with van der Waals surface area (Å²) >= 11 is 11.3. The molecule has 1 unspecified atom stereocenters. The van der Waals surface area contributed by atoms with E-state index in [1.165, 1.54) is 34.5 Å². The van der Waals surface area contributed by atoms with Gasteiger partial charge in [-0.05, 0) is 47.4 Å². The second-order valence-electron chi connectivity index (χ2n) is 3.98. The molecule has 0 aromatic carbocycles. The zero-order chi connectivity index (χ0) is 10.7. The maximum absolute atomic E-state index is 6.00. The molecule has 0 radical (unpaired) electrons. The van der Waals surface area contributed by atoms with E-state index in [1.807, 2.05) is 11.3 Å². The largest absolute Gasteiger partial charge is 0.294 e. The van der Waals surface area contributed by atoms with Crippen molar-refractivity contribution in [3.8, 4) is 0 Å². The summed E-state index contributed by atoms with van der Waals surface area (Å²) in [6.07, 6.45) is 3.91. The summed E-state index contributed by atoms with van der Waals surface area (Å²) in [5.74, 6) is 0.770. The molecule has 1 aromatic rings. The molecule has 4 heteroatoms. The van der Waals surface area contributed by atoms with Gasteiger partial charge in [0.25, 0.3) is 0 Å². The Morgan fingerprint density at radius 1 is 1.47 bits per heavy atom. The molecule has 1 nitrogen and oxygen atoms in total. The standard InChI is InChI=1S/C11H15BrClNS/c12-11-5-4-10(15-11)8-14-6-2-1-3-9(14)7-13/h4-5,9H,1-3,6-8H2. The average Bonchev–Trinajstić information content (AvgIpc) is 2.65. The molecular weight excluding hydrogens is 294 g/mol. The predicted molar refractivity (Wildman–Crippen MR) is 70.8 cm³/mol. The quantitative estimate of drug-likeness (QED) is 0.760. The normalized spacial score (nSPS) is 23.2. The van der Waals surface area contributed by atoms with E-state index in [0.29, 0.717) is 6.04 Å². The van der Waals surface area contributed by atoms with Gasteiger partial charge in [-0.15, -0.1) is 22.9 Å². The summed E-state index contributed by atoms with van der Waals surface area (Å²) < 4.78 is 1.22. The van der Waals surface area contributed by atoms with Gasteiger partial charge in [0.2, 0.25) is 0 Å². The molecule has 1 aromatic heterocycles. The smallest absolute Gasteiger partial charge is 0.0701 e. The SMILES string of the molecule is ClCC1CCCCN1Cc1ccc(Br)s1. The molecule has 1 fully saturated rings. The lowest BCUT2D eigenvalue weighted by molar-refractivity contribution is 0.156. The van der Waals surface area contributed by atoms with Crippen LogP contribution in [0.1, 0.15) is 24.1 Å². The van der Waals surface area contributed by atoms with Crippen LogP contribution in [-0.4, -0.2) is 23.4 Å². The van der Waals surface area contributed by atoms with Crippen molar-refractivity contribution in [1.29, 1.82) is 0 Å². The number of halogens is 2. The Hall–Kier alpha value is 0.430. The Morgan fingerprint density at radius 2 is 2.33 bits per heavy atom. The van der Waals surface area contributed by atoms with E-state index in [-0.39, 0.29) is 0 Å². The van der Waals surface area contributed by atoms with E-state index in [0.717, 1.165) is 12.4 Å². The number of likely N-dealkylation sites (tertiary alicyclic amines) is 1. The Bertz CT molecular complexity index is 315. The molecule has 0 spiro atoms. The van der Waals surface area contributed by atoms with Gasteiger partial charge in [0, 0.05) is 23.3 Å². The van der Waals surface area contributed by atoms with E-state index in [2.05, 4.69) is 33.0 Å². The highest BCUT2D eigenvalue weighted by molar-refractivity contribution is 9.11. The van der Waals surface area contributed by atoms with Gasteiger partial charge in [-0.2, -0.15) is 0 Å². The first-order valence-electron chi connectivity index (χ1n) is 5.34. The fraction of sp³-hybridized carbons (Fsp3) is 0.636. The van der Waals surface area contributed by atoms with Crippen molar-refractivity contribution in [3.63, 3.8) is 0 Å². The van der Waals surface area contributed by atoms with Gasteiger partial charge >= 0.3 is 0 Å². The van der Waals surface area contributed by atoms with Crippen LogP contribution >= 0.6 is 38.9 Å². The van der Waals surface area contributed by atoms with Crippen molar-refractivity contribution >= 4 is 38.9 Å². The molecule has 0 saturated carbocycles. The predicted octanol–water partition coefficient (Wildman–Crippen LogP) is 4.10. The summed E-state index contributed by atoms with van der Waals surface area (Å²) in [6, 6.07) is 4.91. The second kappa shape index (κ2) is 5.67. The molecular formula is C11H15BrClNS. The van der Waals surface area contributed by atoms with Crippen LogP contribution in [0.4, 0.5) is 0 Å². The number of piperidine rings is 1. The average molecular weight is 309 g/mol. The third-order valence-electron chi connectivity index (χ3n) is 2.91. The molecule has 2 rings (SSSR count). The molecule has 1 aliphatic rings. The number of hydrogen-bond donors (Lipinski definition) is 0. The van der Waals surface area contributed by atoms with Crippen LogP contribution in [0.5, 0.6) is 0 Å². The molecule has 1 aliphatic heterocycles. The van der Waals surface area contributed by atoms with E-state index in [4.69, 9.17) is 11.6 Å². The fourth-order valence-electron chi connectivity index (χ4n) is 2.08. The fourth-order valence-corrected chi connectivity index (χ4v) is 3.94. The molecule has 0 N–H and O–H groups in total. The molecule has 0 amide bonds. The molecule has 15 heavy (non-hydrogen) atoms. The first-order valence-corrected chi connectivity index (χ1v) is 7.48. The maximum atomic E-state index is 6.00. The third-order valence-corrected chi connectivity index (χ3v) is 4.88.